The summed E-state index contributed by atoms with van der Waals surface area (Å²) in [4.78, 5) is 17.4. The van der Waals surface area contributed by atoms with Crippen molar-refractivity contribution in [2.45, 2.75) is 30.2 Å². The van der Waals surface area contributed by atoms with Crippen molar-refractivity contribution >= 4 is 15.9 Å². The Morgan fingerprint density at radius 2 is 1.84 bits per heavy atom. The van der Waals surface area contributed by atoms with Gasteiger partial charge < -0.3 is 24.3 Å². The van der Waals surface area contributed by atoms with E-state index in [1.807, 2.05) is 0 Å². The lowest BCUT2D eigenvalue weighted by Crippen LogP contribution is -2.44. The Kier molecular flexibility index (Phi) is 6.14. The van der Waals surface area contributed by atoms with Crippen molar-refractivity contribution in [2.75, 3.05) is 32.9 Å². The Hall–Kier alpha value is -3.75. The molecule has 3 aliphatic heterocycles. The molecule has 6 rings (SSSR count). The van der Waals surface area contributed by atoms with Crippen LogP contribution in [-0.4, -0.2) is 83.7 Å². The quantitative estimate of drug-likeness (QED) is 0.490. The number of rotatable bonds is 2. The van der Waals surface area contributed by atoms with Crippen molar-refractivity contribution in [1.29, 1.82) is 0 Å². The van der Waals surface area contributed by atoms with Gasteiger partial charge in [0.25, 0.3) is 5.91 Å². The van der Waals surface area contributed by atoms with Crippen LogP contribution in [0.15, 0.2) is 47.6 Å². The number of aromatic nitrogens is 4. The standard InChI is InChI=1S/C23H24N6O7S/c30-23-22-19(2-1-5-24-22)33-7-6-28-11-15(26-27-28)14-36-21-13-29(12-17(21)25-23)37(31,32)16-3-4-18-20(10-16)35-9-8-34-18/h1-5,10-11,17,21H,6-9,12-14H2,(H,25,30)/t17-,21-/m0/s1. The van der Waals surface area contributed by atoms with Crippen molar-refractivity contribution < 1.29 is 32.2 Å². The summed E-state index contributed by atoms with van der Waals surface area (Å²) in [5, 5.41) is 11.1. The number of carbonyl (C=O) groups is 1. The molecule has 1 aromatic carbocycles. The predicted octanol–water partition coefficient (Wildman–Crippen LogP) is 0.225. The molecule has 1 amide bonds. The Balaban J connectivity index is 1.29. The monoisotopic (exact) mass is 528 g/mol. The summed E-state index contributed by atoms with van der Waals surface area (Å²) in [7, 11) is -3.93. The van der Waals surface area contributed by atoms with Gasteiger partial charge in [-0.1, -0.05) is 5.21 Å². The van der Waals surface area contributed by atoms with E-state index in [4.69, 9.17) is 18.9 Å². The van der Waals surface area contributed by atoms with Crippen LogP contribution in [0.25, 0.3) is 0 Å². The number of ether oxygens (including phenoxy) is 4. The molecular weight excluding hydrogens is 504 g/mol. The van der Waals surface area contributed by atoms with Gasteiger partial charge in [0.2, 0.25) is 10.0 Å². The van der Waals surface area contributed by atoms with Gasteiger partial charge >= 0.3 is 0 Å². The Bertz CT molecular complexity index is 1430. The van der Waals surface area contributed by atoms with Crippen LogP contribution in [0.5, 0.6) is 17.2 Å². The topological polar surface area (TPSA) is 147 Å². The number of fused-ring (bicyclic) bond motifs is 5. The molecule has 37 heavy (non-hydrogen) atoms. The number of nitrogens with one attached hydrogen (secondary N) is 1. The molecule has 13 nitrogen and oxygen atoms in total. The molecule has 0 radical (unpaired) electrons. The highest BCUT2D eigenvalue weighted by atomic mass is 32.2. The van der Waals surface area contributed by atoms with Crippen LogP contribution in [0, 0.1) is 0 Å². The first-order valence-electron chi connectivity index (χ1n) is 11.8. The van der Waals surface area contributed by atoms with Crippen LogP contribution in [0.4, 0.5) is 0 Å². The van der Waals surface area contributed by atoms with Crippen LogP contribution in [0.3, 0.4) is 0 Å². The van der Waals surface area contributed by atoms with E-state index < -0.39 is 28.1 Å². The van der Waals surface area contributed by atoms with Gasteiger partial charge in [-0.2, -0.15) is 4.31 Å². The average Bonchev–Trinajstić information content (AvgIpc) is 3.54. The third-order valence-electron chi connectivity index (χ3n) is 6.30. The SMILES string of the molecule is O=C1N[C@H]2CN(S(=O)(=O)c3ccc4c(c3)OCCO4)C[C@@H]2OCc2cn(nn2)CCOc2cccnc21. The zero-order valence-electron chi connectivity index (χ0n) is 19.6. The van der Waals surface area contributed by atoms with Crippen LogP contribution < -0.4 is 19.5 Å². The van der Waals surface area contributed by atoms with E-state index in [0.717, 1.165) is 0 Å². The number of pyridine rings is 1. The van der Waals surface area contributed by atoms with E-state index in [1.54, 1.807) is 29.1 Å². The molecule has 3 aromatic rings. The molecule has 194 valence electrons. The fraction of sp³-hybridized carbons (Fsp3) is 0.391. The van der Waals surface area contributed by atoms with Gasteiger partial charge in [0.15, 0.2) is 22.9 Å². The number of sulfonamides is 1. The molecule has 2 bridgehead atoms. The fourth-order valence-electron chi connectivity index (χ4n) is 4.45. The smallest absolute Gasteiger partial charge is 0.274 e. The van der Waals surface area contributed by atoms with Crippen LogP contribution in [0.2, 0.25) is 0 Å². The van der Waals surface area contributed by atoms with E-state index in [-0.39, 0.29) is 36.9 Å². The van der Waals surface area contributed by atoms with Gasteiger partial charge in [0.1, 0.15) is 25.5 Å². The van der Waals surface area contributed by atoms with Crippen molar-refractivity contribution in [1.82, 2.24) is 29.6 Å². The third kappa shape index (κ3) is 4.70. The Labute approximate surface area is 212 Å². The molecule has 5 heterocycles. The largest absolute Gasteiger partial charge is 0.489 e. The van der Waals surface area contributed by atoms with Crippen LogP contribution >= 0.6 is 0 Å². The van der Waals surface area contributed by atoms with Crippen molar-refractivity contribution in [2.24, 2.45) is 0 Å². The molecule has 1 saturated heterocycles. The zero-order chi connectivity index (χ0) is 25.4. The second-order valence-electron chi connectivity index (χ2n) is 8.73. The normalized spacial score (nSPS) is 22.2. The van der Waals surface area contributed by atoms with E-state index >= 15 is 0 Å². The summed E-state index contributed by atoms with van der Waals surface area (Å²) in [6.45, 7) is 1.55. The van der Waals surface area contributed by atoms with Crippen LogP contribution in [0.1, 0.15) is 16.2 Å². The van der Waals surface area contributed by atoms with E-state index in [9.17, 15) is 13.2 Å². The van der Waals surface area contributed by atoms with E-state index in [2.05, 4.69) is 20.6 Å². The summed E-state index contributed by atoms with van der Waals surface area (Å²) in [5.74, 6) is 0.701. The molecule has 2 aromatic heterocycles. The minimum atomic E-state index is -3.93. The van der Waals surface area contributed by atoms with E-state index in [0.29, 0.717) is 42.7 Å². The molecule has 0 unspecified atom stereocenters. The summed E-state index contributed by atoms with van der Waals surface area (Å²) >= 11 is 0. The summed E-state index contributed by atoms with van der Waals surface area (Å²) in [5.41, 5.74) is 0.683. The van der Waals surface area contributed by atoms with Gasteiger partial charge in [0, 0.05) is 25.4 Å². The maximum Gasteiger partial charge on any atom is 0.274 e. The summed E-state index contributed by atoms with van der Waals surface area (Å²) in [6.07, 6.45) is 2.60. The number of carbonyl (C=O) groups excluding carboxylic acids is 1. The minimum absolute atomic E-state index is 0.00287. The minimum Gasteiger partial charge on any atom is -0.489 e. The van der Waals surface area contributed by atoms with Gasteiger partial charge in [-0.3, -0.25) is 4.79 Å². The lowest BCUT2D eigenvalue weighted by Gasteiger charge is -2.21. The highest BCUT2D eigenvalue weighted by Gasteiger charge is 2.41. The van der Waals surface area contributed by atoms with Crippen molar-refractivity contribution in [3.63, 3.8) is 0 Å². The lowest BCUT2D eigenvalue weighted by atomic mass is 10.2. The first kappa shape index (κ1) is 23.6. The maximum atomic E-state index is 13.6. The maximum absolute atomic E-state index is 13.6. The summed E-state index contributed by atoms with van der Waals surface area (Å²) in [6, 6.07) is 7.20. The Morgan fingerprint density at radius 3 is 2.73 bits per heavy atom. The molecule has 0 spiro atoms. The number of nitrogens with zero attached hydrogens (tertiary/aromatic N) is 5. The number of amides is 1. The third-order valence-corrected chi connectivity index (χ3v) is 8.12. The first-order valence-corrected chi connectivity index (χ1v) is 13.2. The molecular formula is C23H24N6O7S. The van der Waals surface area contributed by atoms with Crippen molar-refractivity contribution in [3.8, 4) is 17.2 Å². The number of hydrogen-bond donors (Lipinski definition) is 1. The van der Waals surface area contributed by atoms with Gasteiger partial charge in [0.05, 0.1) is 36.4 Å². The predicted molar refractivity (Wildman–Crippen MR) is 126 cm³/mol. The number of hydrogen-bond acceptors (Lipinski definition) is 10. The molecule has 1 N–H and O–H groups in total. The lowest BCUT2D eigenvalue weighted by molar-refractivity contribution is 0.0320. The molecule has 1 fully saturated rings. The fourth-order valence-corrected chi connectivity index (χ4v) is 5.94. The van der Waals surface area contributed by atoms with E-state index in [1.165, 1.54) is 22.6 Å². The molecule has 0 aliphatic carbocycles. The second-order valence-corrected chi connectivity index (χ2v) is 10.7. The molecule has 2 atom stereocenters. The van der Waals surface area contributed by atoms with Crippen LogP contribution in [-0.2, 0) is 27.9 Å². The summed E-state index contributed by atoms with van der Waals surface area (Å²) < 4.78 is 52.9. The zero-order valence-corrected chi connectivity index (χ0v) is 20.5. The highest BCUT2D eigenvalue weighted by Crippen LogP contribution is 2.34. The second kappa shape index (κ2) is 9.61. The average molecular weight is 529 g/mol. The number of benzene rings is 1. The van der Waals surface area contributed by atoms with Gasteiger partial charge in [-0.05, 0) is 24.3 Å². The molecule has 3 aliphatic rings. The van der Waals surface area contributed by atoms with Gasteiger partial charge in [-0.15, -0.1) is 5.10 Å². The Morgan fingerprint density at radius 1 is 1.00 bits per heavy atom. The first-order chi connectivity index (χ1) is 18.0. The van der Waals surface area contributed by atoms with Gasteiger partial charge in [-0.25, -0.2) is 18.1 Å². The molecule has 0 saturated carbocycles. The molecule has 14 heteroatoms. The highest BCUT2D eigenvalue weighted by molar-refractivity contribution is 7.89. The van der Waals surface area contributed by atoms with Crippen molar-refractivity contribution in [3.05, 3.63) is 54.1 Å².